The lowest BCUT2D eigenvalue weighted by Crippen LogP contribution is -2.47. The lowest BCUT2D eigenvalue weighted by molar-refractivity contribution is 0.257. The number of ether oxygens (including phenoxy) is 1. The Morgan fingerprint density at radius 1 is 1.43 bits per heavy atom. The summed E-state index contributed by atoms with van der Waals surface area (Å²) in [5, 5.41) is 0.201. The standard InChI is InChI=1S/C13H19ClN2O3S.ClH/c1-19-11-5-6-12(14)13(8-11)20(17,18)16-7-3-2-4-10(16)9-15;/h5-6,8,10H,2-4,7,9,15H2,1H3;1H. The van der Waals surface area contributed by atoms with Crippen molar-refractivity contribution in [2.75, 3.05) is 20.2 Å². The second kappa shape index (κ2) is 7.65. The summed E-state index contributed by atoms with van der Waals surface area (Å²) < 4.78 is 32.1. The molecule has 1 heterocycles. The van der Waals surface area contributed by atoms with Crippen LogP contribution in [0.25, 0.3) is 0 Å². The van der Waals surface area contributed by atoms with Gasteiger partial charge in [0.25, 0.3) is 0 Å². The van der Waals surface area contributed by atoms with Crippen LogP contribution in [-0.2, 0) is 10.0 Å². The molecule has 0 saturated carbocycles. The Labute approximate surface area is 136 Å². The van der Waals surface area contributed by atoms with Crippen molar-refractivity contribution in [3.05, 3.63) is 23.2 Å². The second-order valence-corrected chi connectivity index (χ2v) is 7.06. The van der Waals surface area contributed by atoms with Crippen LogP contribution >= 0.6 is 24.0 Å². The van der Waals surface area contributed by atoms with E-state index in [1.165, 1.54) is 23.5 Å². The maximum absolute atomic E-state index is 12.8. The predicted molar refractivity (Wildman–Crippen MR) is 85.8 cm³/mol. The van der Waals surface area contributed by atoms with Gasteiger partial charge in [-0.3, -0.25) is 0 Å². The molecule has 120 valence electrons. The molecule has 1 saturated heterocycles. The number of hydrogen-bond acceptors (Lipinski definition) is 4. The first kappa shape index (κ1) is 18.5. The zero-order chi connectivity index (χ0) is 14.8. The van der Waals surface area contributed by atoms with Crippen molar-refractivity contribution < 1.29 is 13.2 Å². The van der Waals surface area contributed by atoms with Gasteiger partial charge in [0.1, 0.15) is 10.6 Å². The van der Waals surface area contributed by atoms with E-state index in [1.54, 1.807) is 6.07 Å². The Hall–Kier alpha value is -0.530. The number of rotatable bonds is 4. The fraction of sp³-hybridized carbons (Fsp3) is 0.538. The topological polar surface area (TPSA) is 72.6 Å². The highest BCUT2D eigenvalue weighted by Crippen LogP contribution is 2.31. The second-order valence-electron chi connectivity index (χ2n) is 4.80. The molecule has 5 nitrogen and oxygen atoms in total. The molecule has 1 aliphatic heterocycles. The van der Waals surface area contributed by atoms with E-state index in [2.05, 4.69) is 0 Å². The van der Waals surface area contributed by atoms with E-state index in [1.807, 2.05) is 0 Å². The molecule has 2 rings (SSSR count). The molecule has 0 aromatic heterocycles. The van der Waals surface area contributed by atoms with Gasteiger partial charge in [0.05, 0.1) is 12.1 Å². The summed E-state index contributed by atoms with van der Waals surface area (Å²) in [6.45, 7) is 0.804. The largest absolute Gasteiger partial charge is 0.497 e. The van der Waals surface area contributed by atoms with Crippen LogP contribution in [0.4, 0.5) is 0 Å². The summed E-state index contributed by atoms with van der Waals surface area (Å²) in [7, 11) is -2.16. The van der Waals surface area contributed by atoms with Gasteiger partial charge in [0, 0.05) is 25.2 Å². The average molecular weight is 355 g/mol. The number of hydrogen-bond donors (Lipinski definition) is 1. The third kappa shape index (κ3) is 3.81. The number of halogens is 2. The SMILES string of the molecule is COc1ccc(Cl)c(S(=O)(=O)N2CCCCC2CN)c1.Cl. The summed E-state index contributed by atoms with van der Waals surface area (Å²) in [6.07, 6.45) is 2.63. The van der Waals surface area contributed by atoms with Gasteiger partial charge in [-0.2, -0.15) is 4.31 Å². The first-order valence-corrected chi connectivity index (χ1v) is 8.38. The van der Waals surface area contributed by atoms with Crippen LogP contribution in [0.1, 0.15) is 19.3 Å². The van der Waals surface area contributed by atoms with Crippen molar-refractivity contribution in [3.8, 4) is 5.75 Å². The van der Waals surface area contributed by atoms with Crippen LogP contribution in [0.5, 0.6) is 5.75 Å². The monoisotopic (exact) mass is 354 g/mol. The van der Waals surface area contributed by atoms with Crippen molar-refractivity contribution in [1.29, 1.82) is 0 Å². The van der Waals surface area contributed by atoms with Crippen LogP contribution in [0.3, 0.4) is 0 Å². The Morgan fingerprint density at radius 2 is 2.14 bits per heavy atom. The minimum Gasteiger partial charge on any atom is -0.497 e. The predicted octanol–water partition coefficient (Wildman–Crippen LogP) is 2.27. The highest BCUT2D eigenvalue weighted by atomic mass is 35.5. The summed E-state index contributed by atoms with van der Waals surface area (Å²) in [6, 6.07) is 4.47. The van der Waals surface area contributed by atoms with Crippen molar-refractivity contribution in [3.63, 3.8) is 0 Å². The summed E-state index contributed by atoms with van der Waals surface area (Å²) in [5.74, 6) is 0.467. The number of nitrogens with zero attached hydrogens (tertiary/aromatic N) is 1. The van der Waals surface area contributed by atoms with Crippen LogP contribution in [0, 0.1) is 0 Å². The number of benzene rings is 1. The maximum atomic E-state index is 12.8. The third-order valence-corrected chi connectivity index (χ3v) is 6.00. The molecular formula is C13H20Cl2N2O3S. The van der Waals surface area contributed by atoms with Gasteiger partial charge in [-0.05, 0) is 25.0 Å². The Morgan fingerprint density at radius 3 is 2.76 bits per heavy atom. The number of nitrogens with two attached hydrogens (primary N) is 1. The molecule has 21 heavy (non-hydrogen) atoms. The normalized spacial score (nSPS) is 19.9. The van der Waals surface area contributed by atoms with Gasteiger partial charge < -0.3 is 10.5 Å². The van der Waals surface area contributed by atoms with E-state index in [9.17, 15) is 8.42 Å². The van der Waals surface area contributed by atoms with Crippen LogP contribution < -0.4 is 10.5 Å². The van der Waals surface area contributed by atoms with E-state index in [-0.39, 0.29) is 28.4 Å². The molecule has 0 radical (unpaired) electrons. The maximum Gasteiger partial charge on any atom is 0.244 e. The molecule has 1 unspecified atom stereocenters. The van der Waals surface area contributed by atoms with Crippen molar-refractivity contribution in [2.45, 2.75) is 30.2 Å². The van der Waals surface area contributed by atoms with Crippen LogP contribution in [0.2, 0.25) is 5.02 Å². The zero-order valence-corrected chi connectivity index (χ0v) is 14.2. The molecule has 1 aromatic carbocycles. The first-order chi connectivity index (χ1) is 9.50. The van der Waals surface area contributed by atoms with Crippen molar-refractivity contribution in [2.24, 2.45) is 5.73 Å². The molecule has 1 aliphatic rings. The van der Waals surface area contributed by atoms with E-state index in [4.69, 9.17) is 22.1 Å². The fourth-order valence-electron chi connectivity index (χ4n) is 2.46. The molecular weight excluding hydrogens is 335 g/mol. The Kier molecular flexibility index (Phi) is 6.74. The third-order valence-electron chi connectivity index (χ3n) is 3.57. The van der Waals surface area contributed by atoms with Crippen LogP contribution in [-0.4, -0.2) is 39.0 Å². The quantitative estimate of drug-likeness (QED) is 0.899. The van der Waals surface area contributed by atoms with Crippen LogP contribution in [0.15, 0.2) is 23.1 Å². The molecule has 2 N–H and O–H groups in total. The lowest BCUT2D eigenvalue weighted by Gasteiger charge is -2.34. The molecule has 8 heteroatoms. The summed E-state index contributed by atoms with van der Waals surface area (Å²) in [5.41, 5.74) is 5.70. The minimum absolute atomic E-state index is 0. The molecule has 0 aliphatic carbocycles. The van der Waals surface area contributed by atoms with E-state index < -0.39 is 10.0 Å². The highest BCUT2D eigenvalue weighted by Gasteiger charge is 2.34. The van der Waals surface area contributed by atoms with Gasteiger partial charge in [0.2, 0.25) is 10.0 Å². The molecule has 0 spiro atoms. The molecule has 1 atom stereocenters. The van der Waals surface area contributed by atoms with Crippen molar-refractivity contribution >= 4 is 34.0 Å². The Balaban J connectivity index is 0.00000220. The zero-order valence-electron chi connectivity index (χ0n) is 11.8. The average Bonchev–Trinajstić information content (AvgIpc) is 2.47. The van der Waals surface area contributed by atoms with Gasteiger partial charge >= 0.3 is 0 Å². The van der Waals surface area contributed by atoms with Gasteiger partial charge in [-0.1, -0.05) is 18.0 Å². The smallest absolute Gasteiger partial charge is 0.244 e. The van der Waals surface area contributed by atoms with Gasteiger partial charge in [-0.15, -0.1) is 12.4 Å². The van der Waals surface area contributed by atoms with Gasteiger partial charge in [0.15, 0.2) is 0 Å². The first-order valence-electron chi connectivity index (χ1n) is 6.56. The number of sulfonamides is 1. The van der Waals surface area contributed by atoms with E-state index in [0.29, 0.717) is 18.8 Å². The highest BCUT2D eigenvalue weighted by molar-refractivity contribution is 7.89. The molecule has 1 aromatic rings. The lowest BCUT2D eigenvalue weighted by atomic mass is 10.1. The van der Waals surface area contributed by atoms with Crippen molar-refractivity contribution in [1.82, 2.24) is 4.31 Å². The molecule has 1 fully saturated rings. The van der Waals surface area contributed by atoms with E-state index >= 15 is 0 Å². The summed E-state index contributed by atoms with van der Waals surface area (Å²) in [4.78, 5) is 0.0823. The molecule has 0 amide bonds. The number of methoxy groups -OCH3 is 1. The van der Waals surface area contributed by atoms with E-state index in [0.717, 1.165) is 19.3 Å². The fourth-order valence-corrected chi connectivity index (χ4v) is 4.66. The number of piperidine rings is 1. The summed E-state index contributed by atoms with van der Waals surface area (Å²) >= 11 is 6.06. The Bertz CT molecular complexity index is 581. The minimum atomic E-state index is -3.65. The van der Waals surface area contributed by atoms with Gasteiger partial charge in [-0.25, -0.2) is 8.42 Å². The molecule has 0 bridgehead atoms.